The van der Waals surface area contributed by atoms with E-state index in [2.05, 4.69) is 0 Å². The number of nitro benzene ring substituents is 1. The summed E-state index contributed by atoms with van der Waals surface area (Å²) in [7, 11) is 0. The topological polar surface area (TPSA) is 61.6 Å². The van der Waals surface area contributed by atoms with Crippen molar-refractivity contribution in [3.63, 3.8) is 0 Å². The molecular formula is C18H13NO4. The van der Waals surface area contributed by atoms with Crippen molar-refractivity contribution in [1.29, 1.82) is 0 Å². The molecule has 23 heavy (non-hydrogen) atoms. The monoisotopic (exact) mass is 307 g/mol. The van der Waals surface area contributed by atoms with Gasteiger partial charge in [0.15, 0.2) is 0 Å². The minimum absolute atomic E-state index is 0.0932. The number of non-ortho nitro benzene ring substituents is 1. The average molecular weight is 307 g/mol. The minimum atomic E-state index is -0.476. The summed E-state index contributed by atoms with van der Waals surface area (Å²) in [6.45, 7) is 0. The van der Waals surface area contributed by atoms with E-state index in [4.69, 9.17) is 9.47 Å². The van der Waals surface area contributed by atoms with Gasteiger partial charge in [-0.2, -0.15) is 0 Å². The molecule has 0 bridgehead atoms. The SMILES string of the molecule is O=[N+]([O-])c1cc(Oc2ccccc2)cc(Oc2ccccc2)c1. The summed E-state index contributed by atoms with van der Waals surface area (Å²) in [6.07, 6.45) is 0. The first-order chi connectivity index (χ1) is 11.2. The number of benzene rings is 3. The molecule has 0 atom stereocenters. The summed E-state index contributed by atoms with van der Waals surface area (Å²) in [5, 5.41) is 11.1. The molecular weight excluding hydrogens is 294 g/mol. The van der Waals surface area contributed by atoms with E-state index in [1.54, 1.807) is 30.3 Å². The van der Waals surface area contributed by atoms with Gasteiger partial charge in [-0.15, -0.1) is 0 Å². The van der Waals surface area contributed by atoms with E-state index in [9.17, 15) is 10.1 Å². The average Bonchev–Trinajstić information content (AvgIpc) is 2.56. The first kappa shape index (κ1) is 14.6. The van der Waals surface area contributed by atoms with Crippen LogP contribution in [0.3, 0.4) is 0 Å². The number of nitro groups is 1. The Morgan fingerprint density at radius 3 is 1.48 bits per heavy atom. The molecule has 0 aliphatic rings. The molecule has 5 nitrogen and oxygen atoms in total. The Morgan fingerprint density at radius 2 is 1.09 bits per heavy atom. The van der Waals surface area contributed by atoms with Gasteiger partial charge in [0, 0.05) is 6.07 Å². The van der Waals surface area contributed by atoms with E-state index < -0.39 is 4.92 Å². The number of para-hydroxylation sites is 2. The Kier molecular flexibility index (Phi) is 4.20. The van der Waals surface area contributed by atoms with Crippen LogP contribution in [0.25, 0.3) is 0 Å². The Bertz CT molecular complexity index is 744. The number of ether oxygens (including phenoxy) is 2. The molecule has 114 valence electrons. The van der Waals surface area contributed by atoms with Gasteiger partial charge in [0.1, 0.15) is 23.0 Å². The van der Waals surface area contributed by atoms with Crippen LogP contribution < -0.4 is 9.47 Å². The van der Waals surface area contributed by atoms with Gasteiger partial charge < -0.3 is 9.47 Å². The Balaban J connectivity index is 1.91. The van der Waals surface area contributed by atoms with Gasteiger partial charge in [-0.05, 0) is 24.3 Å². The lowest BCUT2D eigenvalue weighted by molar-refractivity contribution is -0.385. The molecule has 3 aromatic rings. The van der Waals surface area contributed by atoms with E-state index in [-0.39, 0.29) is 5.69 Å². The molecule has 0 aromatic heterocycles. The number of nitrogens with zero attached hydrogens (tertiary/aromatic N) is 1. The number of hydrogen-bond donors (Lipinski definition) is 0. The maximum Gasteiger partial charge on any atom is 0.276 e. The first-order valence-electron chi connectivity index (χ1n) is 6.96. The standard InChI is InChI=1S/C18H13NO4/c20-19(21)14-11-17(22-15-7-3-1-4-8-15)13-18(12-14)23-16-9-5-2-6-10-16/h1-13H. The van der Waals surface area contributed by atoms with Crippen LogP contribution in [0.1, 0.15) is 0 Å². The van der Waals surface area contributed by atoms with Gasteiger partial charge in [0.25, 0.3) is 5.69 Å². The van der Waals surface area contributed by atoms with Crippen molar-refractivity contribution < 1.29 is 14.4 Å². The third kappa shape index (κ3) is 3.85. The maximum atomic E-state index is 11.1. The maximum absolute atomic E-state index is 11.1. The minimum Gasteiger partial charge on any atom is -0.457 e. The van der Waals surface area contributed by atoms with Crippen LogP contribution in [-0.2, 0) is 0 Å². The molecule has 0 saturated carbocycles. The highest BCUT2D eigenvalue weighted by molar-refractivity contribution is 5.48. The van der Waals surface area contributed by atoms with Gasteiger partial charge in [-0.25, -0.2) is 0 Å². The van der Waals surface area contributed by atoms with E-state index in [0.29, 0.717) is 23.0 Å². The molecule has 3 rings (SSSR count). The van der Waals surface area contributed by atoms with Crippen molar-refractivity contribution in [3.05, 3.63) is 89.0 Å². The van der Waals surface area contributed by atoms with Gasteiger partial charge in [0.05, 0.1) is 17.1 Å². The highest BCUT2D eigenvalue weighted by atomic mass is 16.6. The van der Waals surface area contributed by atoms with Crippen LogP contribution in [0.2, 0.25) is 0 Å². The molecule has 5 heteroatoms. The third-order valence-electron chi connectivity index (χ3n) is 3.03. The lowest BCUT2D eigenvalue weighted by Crippen LogP contribution is -1.92. The van der Waals surface area contributed by atoms with Crippen LogP contribution in [0, 0.1) is 10.1 Å². The van der Waals surface area contributed by atoms with E-state index in [1.807, 2.05) is 36.4 Å². The zero-order valence-corrected chi connectivity index (χ0v) is 12.1. The van der Waals surface area contributed by atoms with E-state index in [1.165, 1.54) is 12.1 Å². The van der Waals surface area contributed by atoms with Crippen molar-refractivity contribution in [2.45, 2.75) is 0 Å². The highest BCUT2D eigenvalue weighted by Gasteiger charge is 2.12. The third-order valence-corrected chi connectivity index (χ3v) is 3.03. The molecule has 0 aliphatic heterocycles. The van der Waals surface area contributed by atoms with Crippen molar-refractivity contribution in [1.82, 2.24) is 0 Å². The lowest BCUT2D eigenvalue weighted by Gasteiger charge is -2.09. The molecule has 0 radical (unpaired) electrons. The smallest absolute Gasteiger partial charge is 0.276 e. The van der Waals surface area contributed by atoms with Crippen LogP contribution in [0.5, 0.6) is 23.0 Å². The summed E-state index contributed by atoms with van der Waals surface area (Å²) < 4.78 is 11.3. The molecule has 0 spiro atoms. The quantitative estimate of drug-likeness (QED) is 0.481. The van der Waals surface area contributed by atoms with E-state index >= 15 is 0 Å². The zero-order chi connectivity index (χ0) is 16.1. The van der Waals surface area contributed by atoms with Crippen LogP contribution in [-0.4, -0.2) is 4.92 Å². The van der Waals surface area contributed by atoms with Crippen LogP contribution in [0.4, 0.5) is 5.69 Å². The summed E-state index contributed by atoms with van der Waals surface area (Å²) >= 11 is 0. The molecule has 0 heterocycles. The largest absolute Gasteiger partial charge is 0.457 e. The molecule has 0 saturated heterocycles. The Morgan fingerprint density at radius 1 is 0.652 bits per heavy atom. The normalized spacial score (nSPS) is 10.1. The van der Waals surface area contributed by atoms with Crippen molar-refractivity contribution in [2.24, 2.45) is 0 Å². The van der Waals surface area contributed by atoms with Crippen molar-refractivity contribution in [2.75, 3.05) is 0 Å². The predicted octanol–water partition coefficient (Wildman–Crippen LogP) is 5.18. The fourth-order valence-corrected chi connectivity index (χ4v) is 2.03. The highest BCUT2D eigenvalue weighted by Crippen LogP contribution is 2.33. The summed E-state index contributed by atoms with van der Waals surface area (Å²) in [5.41, 5.74) is -0.0932. The molecule has 0 amide bonds. The fraction of sp³-hybridized carbons (Fsp3) is 0. The van der Waals surface area contributed by atoms with Gasteiger partial charge >= 0.3 is 0 Å². The molecule has 0 N–H and O–H groups in total. The Labute approximate surface area is 132 Å². The first-order valence-corrected chi connectivity index (χ1v) is 6.96. The summed E-state index contributed by atoms with van der Waals surface area (Å²) in [5.74, 6) is 1.88. The van der Waals surface area contributed by atoms with Gasteiger partial charge in [0.2, 0.25) is 0 Å². The Hall–Kier alpha value is -3.34. The summed E-state index contributed by atoms with van der Waals surface area (Å²) in [4.78, 5) is 10.6. The lowest BCUT2D eigenvalue weighted by atomic mass is 10.2. The van der Waals surface area contributed by atoms with Crippen LogP contribution >= 0.6 is 0 Å². The second-order valence-electron chi connectivity index (χ2n) is 4.75. The van der Waals surface area contributed by atoms with Crippen molar-refractivity contribution in [3.8, 4) is 23.0 Å². The molecule has 0 aliphatic carbocycles. The van der Waals surface area contributed by atoms with Gasteiger partial charge in [-0.3, -0.25) is 10.1 Å². The van der Waals surface area contributed by atoms with Gasteiger partial charge in [-0.1, -0.05) is 36.4 Å². The molecule has 0 fully saturated rings. The summed E-state index contributed by atoms with van der Waals surface area (Å²) in [6, 6.07) is 22.5. The fourth-order valence-electron chi connectivity index (χ4n) is 2.03. The molecule has 0 unspecified atom stereocenters. The second kappa shape index (κ2) is 6.62. The van der Waals surface area contributed by atoms with Crippen molar-refractivity contribution >= 4 is 5.69 Å². The van der Waals surface area contributed by atoms with Crippen LogP contribution in [0.15, 0.2) is 78.9 Å². The van der Waals surface area contributed by atoms with E-state index in [0.717, 1.165) is 0 Å². The zero-order valence-electron chi connectivity index (χ0n) is 12.1. The predicted molar refractivity (Wildman–Crippen MR) is 86.1 cm³/mol. The molecule has 3 aromatic carbocycles. The number of rotatable bonds is 5. The number of hydrogen-bond acceptors (Lipinski definition) is 4. The second-order valence-corrected chi connectivity index (χ2v) is 4.75.